The Morgan fingerprint density at radius 3 is 1.60 bits per heavy atom. The second-order valence-electron chi connectivity index (χ2n) is 12.1. The summed E-state index contributed by atoms with van der Waals surface area (Å²) in [6.45, 7) is 0. The van der Waals surface area contributed by atoms with Crippen LogP contribution in [0.4, 0.5) is 0 Å². The van der Waals surface area contributed by atoms with Gasteiger partial charge in [0.1, 0.15) is 0 Å². The average Bonchev–Trinajstić information content (AvgIpc) is 3.25. The van der Waals surface area contributed by atoms with Crippen molar-refractivity contribution in [1.29, 1.82) is 0 Å². The zero-order chi connectivity index (χ0) is 37.6. The third-order valence-electron chi connectivity index (χ3n) is 8.97. The van der Waals surface area contributed by atoms with Gasteiger partial charge in [0, 0.05) is 16.7 Å². The summed E-state index contributed by atoms with van der Waals surface area (Å²) in [6, 6.07) is 51.3. The molecule has 0 N–H and O–H groups in total. The highest BCUT2D eigenvalue weighted by Crippen LogP contribution is 2.36. The van der Waals surface area contributed by atoms with E-state index in [1.165, 1.54) is 0 Å². The molecule has 9 rings (SSSR count). The Bertz CT molecular complexity index is 2900. The van der Waals surface area contributed by atoms with Gasteiger partial charge in [-0.2, -0.15) is 0 Å². The van der Waals surface area contributed by atoms with Gasteiger partial charge in [-0.1, -0.05) is 158 Å². The molecule has 0 aliphatic rings. The molecule has 0 aliphatic carbocycles. The van der Waals surface area contributed by atoms with Gasteiger partial charge in [-0.25, -0.2) is 15.0 Å². The predicted octanol–water partition coefficient (Wildman–Crippen LogP) is 12.2. The quantitative estimate of drug-likeness (QED) is 0.181. The van der Waals surface area contributed by atoms with Crippen LogP contribution < -0.4 is 0 Å². The molecule has 0 unspecified atom stereocenters. The zero-order valence-corrected chi connectivity index (χ0v) is 26.9. The van der Waals surface area contributed by atoms with Crippen molar-refractivity contribution in [2.45, 2.75) is 0 Å². The number of aromatic nitrogens is 3. The molecule has 234 valence electrons. The van der Waals surface area contributed by atoms with E-state index >= 15 is 0 Å². The number of hydrogen-bond donors (Lipinski definition) is 0. The van der Waals surface area contributed by atoms with Crippen LogP contribution in [0.1, 0.15) is 6.85 Å². The van der Waals surface area contributed by atoms with Crippen LogP contribution in [-0.2, 0) is 0 Å². The third kappa shape index (κ3) is 5.72. The van der Waals surface area contributed by atoms with Gasteiger partial charge in [-0.3, -0.25) is 0 Å². The summed E-state index contributed by atoms with van der Waals surface area (Å²) in [5, 5.41) is 4.24. The summed E-state index contributed by atoms with van der Waals surface area (Å²) in [4.78, 5) is 14.6. The van der Waals surface area contributed by atoms with Gasteiger partial charge in [0.2, 0.25) is 0 Å². The molecule has 0 fully saturated rings. The molecule has 0 spiro atoms. The summed E-state index contributed by atoms with van der Waals surface area (Å²) in [6.07, 6.45) is 0. The highest BCUT2D eigenvalue weighted by atomic mass is 15.0. The maximum Gasteiger partial charge on any atom is 0.164 e. The zero-order valence-electron chi connectivity index (χ0n) is 31.9. The fourth-order valence-electron chi connectivity index (χ4n) is 6.48. The van der Waals surface area contributed by atoms with Crippen molar-refractivity contribution < 1.29 is 6.85 Å². The molecule has 3 nitrogen and oxygen atoms in total. The minimum Gasteiger partial charge on any atom is -0.208 e. The first kappa shape index (κ1) is 24.4. The standard InChI is InChI=1S/C47H31N3/c1-4-13-32(14-5-1)36-25-23-34-24-26-40(30-41(34)27-36)47-49-45(35-17-8-3-9-18-35)48-46(50-47)39-21-12-20-38(28-39)44-31-42(33-15-6-2-7-16-33)29-37-19-10-11-22-43(37)44/h1-31H/i3D,8D,9D,17D,18D. The SMILES string of the molecule is [2H]c1c([2H])c([2H])c(-c2nc(-c3cccc(-c4cc(-c5ccccc5)cc5ccccc45)c3)nc(-c3ccc4ccc(-c5ccccc5)cc4c3)n2)c([2H])c1[2H]. The number of rotatable bonds is 6. The topological polar surface area (TPSA) is 38.7 Å². The Hall–Kier alpha value is -6.71. The number of hydrogen-bond acceptors (Lipinski definition) is 3. The lowest BCUT2D eigenvalue weighted by molar-refractivity contribution is 1.07. The Morgan fingerprint density at radius 2 is 0.860 bits per heavy atom. The Labute approximate surface area is 298 Å². The normalized spacial score (nSPS) is 12.6. The summed E-state index contributed by atoms with van der Waals surface area (Å²) in [5.74, 6) is 0.633. The van der Waals surface area contributed by atoms with Crippen LogP contribution in [0, 0.1) is 0 Å². The first-order valence-corrected chi connectivity index (χ1v) is 16.4. The van der Waals surface area contributed by atoms with Crippen LogP contribution >= 0.6 is 0 Å². The molecule has 8 aromatic carbocycles. The van der Waals surface area contributed by atoms with Gasteiger partial charge < -0.3 is 0 Å². The van der Waals surface area contributed by atoms with E-state index in [-0.39, 0.29) is 23.5 Å². The molecule has 0 radical (unpaired) electrons. The van der Waals surface area contributed by atoms with Gasteiger partial charge in [0.25, 0.3) is 0 Å². The van der Waals surface area contributed by atoms with Gasteiger partial charge in [-0.15, -0.1) is 0 Å². The first-order chi connectivity index (χ1) is 26.8. The van der Waals surface area contributed by atoms with Crippen molar-refractivity contribution in [3.63, 3.8) is 0 Å². The average molecular weight is 643 g/mol. The van der Waals surface area contributed by atoms with Gasteiger partial charge in [-0.05, 0) is 85.3 Å². The lowest BCUT2D eigenvalue weighted by Crippen LogP contribution is -2.00. The van der Waals surface area contributed by atoms with Crippen LogP contribution in [-0.4, -0.2) is 15.0 Å². The van der Waals surface area contributed by atoms with Crippen LogP contribution in [0.25, 0.3) is 89.1 Å². The van der Waals surface area contributed by atoms with E-state index in [9.17, 15) is 0 Å². The smallest absolute Gasteiger partial charge is 0.164 e. The van der Waals surface area contributed by atoms with E-state index in [1.54, 1.807) is 0 Å². The summed E-state index contributed by atoms with van der Waals surface area (Å²) in [5.41, 5.74) is 7.69. The predicted molar refractivity (Wildman–Crippen MR) is 207 cm³/mol. The number of benzene rings is 8. The second-order valence-corrected chi connectivity index (χ2v) is 12.1. The molecular formula is C47H31N3. The fraction of sp³-hybridized carbons (Fsp3) is 0. The molecule has 0 saturated carbocycles. The third-order valence-corrected chi connectivity index (χ3v) is 8.97. The molecule has 0 amide bonds. The fourth-order valence-corrected chi connectivity index (χ4v) is 6.48. The Morgan fingerprint density at radius 1 is 0.320 bits per heavy atom. The van der Waals surface area contributed by atoms with E-state index in [2.05, 4.69) is 72.8 Å². The van der Waals surface area contributed by atoms with Crippen molar-refractivity contribution >= 4 is 21.5 Å². The molecular weight excluding hydrogens is 607 g/mol. The molecule has 0 atom stereocenters. The minimum atomic E-state index is -0.477. The lowest BCUT2D eigenvalue weighted by Gasteiger charge is -2.13. The summed E-state index contributed by atoms with van der Waals surface area (Å²) in [7, 11) is 0. The highest BCUT2D eigenvalue weighted by molar-refractivity contribution is 6.00. The number of fused-ring (bicyclic) bond motifs is 2. The van der Waals surface area contributed by atoms with Gasteiger partial charge in [0.05, 0.1) is 6.85 Å². The van der Waals surface area contributed by atoms with Crippen molar-refractivity contribution in [3.05, 3.63) is 188 Å². The van der Waals surface area contributed by atoms with Crippen molar-refractivity contribution in [3.8, 4) is 67.5 Å². The van der Waals surface area contributed by atoms with Gasteiger partial charge in [0.15, 0.2) is 17.5 Å². The Balaban J connectivity index is 1.24. The van der Waals surface area contributed by atoms with Crippen molar-refractivity contribution in [2.75, 3.05) is 0 Å². The molecule has 9 aromatic rings. The first-order valence-electron chi connectivity index (χ1n) is 18.9. The van der Waals surface area contributed by atoms with E-state index < -0.39 is 18.1 Å². The lowest BCUT2D eigenvalue weighted by atomic mass is 9.92. The van der Waals surface area contributed by atoms with E-state index in [0.29, 0.717) is 22.8 Å². The maximum absolute atomic E-state index is 8.78. The largest absolute Gasteiger partial charge is 0.208 e. The number of nitrogens with zero attached hydrogens (tertiary/aromatic N) is 3. The molecule has 1 aromatic heterocycles. The summed E-state index contributed by atoms with van der Waals surface area (Å²) < 4.78 is 42.5. The van der Waals surface area contributed by atoms with E-state index in [4.69, 9.17) is 21.8 Å². The Kier molecular flexibility index (Phi) is 6.22. The highest BCUT2D eigenvalue weighted by Gasteiger charge is 2.15. The van der Waals surface area contributed by atoms with E-state index in [1.807, 2.05) is 84.9 Å². The molecule has 50 heavy (non-hydrogen) atoms. The molecule has 0 saturated heterocycles. The van der Waals surface area contributed by atoms with Crippen molar-refractivity contribution in [2.24, 2.45) is 0 Å². The molecule has 0 aliphatic heterocycles. The minimum absolute atomic E-state index is 0.00272. The monoisotopic (exact) mass is 642 g/mol. The molecule has 3 heteroatoms. The summed E-state index contributed by atoms with van der Waals surface area (Å²) >= 11 is 0. The van der Waals surface area contributed by atoms with Gasteiger partial charge >= 0.3 is 0 Å². The van der Waals surface area contributed by atoms with Crippen LogP contribution in [0.3, 0.4) is 0 Å². The van der Waals surface area contributed by atoms with Crippen LogP contribution in [0.2, 0.25) is 0 Å². The molecule has 1 heterocycles. The van der Waals surface area contributed by atoms with Crippen molar-refractivity contribution in [1.82, 2.24) is 15.0 Å². The van der Waals surface area contributed by atoms with Crippen LogP contribution in [0.15, 0.2) is 188 Å². The second kappa shape index (κ2) is 12.7. The van der Waals surface area contributed by atoms with E-state index in [0.717, 1.165) is 54.9 Å². The van der Waals surface area contributed by atoms with Crippen LogP contribution in [0.5, 0.6) is 0 Å². The molecule has 0 bridgehead atoms. The maximum atomic E-state index is 8.78.